The molecule has 1 heterocycles. The predicted molar refractivity (Wildman–Crippen MR) is 87.2 cm³/mol. The van der Waals surface area contributed by atoms with Gasteiger partial charge in [0.2, 0.25) is 0 Å². The Morgan fingerprint density at radius 1 is 1.20 bits per heavy atom. The van der Waals surface area contributed by atoms with Gasteiger partial charge in [-0.25, -0.2) is 0 Å². The van der Waals surface area contributed by atoms with Crippen molar-refractivity contribution in [1.82, 2.24) is 15.2 Å². The van der Waals surface area contributed by atoms with E-state index >= 15 is 0 Å². The third-order valence-electron chi connectivity index (χ3n) is 4.82. The molecule has 0 aliphatic heterocycles. The molecule has 0 spiro atoms. The maximum Gasteiger partial charge on any atom is 0.0420 e. The zero-order valence-electron chi connectivity index (χ0n) is 14.0. The Morgan fingerprint density at radius 3 is 2.20 bits per heavy atom. The summed E-state index contributed by atoms with van der Waals surface area (Å²) in [6.07, 6.45) is 6.30. The van der Waals surface area contributed by atoms with Crippen molar-refractivity contribution in [3.8, 4) is 0 Å². The molecule has 3 heteroatoms. The molecular weight excluding hydrogens is 246 g/mol. The van der Waals surface area contributed by atoms with Gasteiger partial charge in [-0.1, -0.05) is 26.8 Å². The maximum absolute atomic E-state index is 4.62. The molecule has 0 amide bonds. The standard InChI is InChI=1S/C17H31N3/c1-7-14-10-11-15(19-13-14)12-16(18-4)17(8-2,9-3)20(5)6/h10-11,13,16,18H,7-9,12H2,1-6H3. The van der Waals surface area contributed by atoms with Crippen molar-refractivity contribution in [1.29, 1.82) is 0 Å². The van der Waals surface area contributed by atoms with E-state index in [0.29, 0.717) is 6.04 Å². The molecule has 1 rings (SSSR count). The summed E-state index contributed by atoms with van der Waals surface area (Å²) in [7, 11) is 6.44. The first-order valence-corrected chi connectivity index (χ1v) is 7.82. The zero-order valence-corrected chi connectivity index (χ0v) is 14.0. The second-order valence-electron chi connectivity index (χ2n) is 5.76. The number of pyridine rings is 1. The van der Waals surface area contributed by atoms with Gasteiger partial charge in [0.15, 0.2) is 0 Å². The normalized spacial score (nSPS) is 13.8. The van der Waals surface area contributed by atoms with E-state index < -0.39 is 0 Å². The molecule has 114 valence electrons. The number of hydrogen-bond acceptors (Lipinski definition) is 3. The van der Waals surface area contributed by atoms with Gasteiger partial charge in [-0.05, 0) is 52.0 Å². The van der Waals surface area contributed by atoms with Crippen LogP contribution in [0.15, 0.2) is 18.3 Å². The lowest BCUT2D eigenvalue weighted by Crippen LogP contribution is -2.58. The Kier molecular flexibility index (Phi) is 6.63. The molecule has 0 saturated heterocycles. The maximum atomic E-state index is 4.62. The number of nitrogens with one attached hydrogen (secondary N) is 1. The van der Waals surface area contributed by atoms with Crippen molar-refractivity contribution in [3.05, 3.63) is 29.6 Å². The Morgan fingerprint density at radius 2 is 1.85 bits per heavy atom. The highest BCUT2D eigenvalue weighted by Gasteiger charge is 2.37. The highest BCUT2D eigenvalue weighted by atomic mass is 15.2. The Bertz CT molecular complexity index is 380. The largest absolute Gasteiger partial charge is 0.315 e. The second kappa shape index (κ2) is 7.75. The van der Waals surface area contributed by atoms with Crippen molar-refractivity contribution in [2.24, 2.45) is 0 Å². The van der Waals surface area contributed by atoms with Crippen molar-refractivity contribution < 1.29 is 0 Å². The average Bonchev–Trinajstić information content (AvgIpc) is 2.48. The lowest BCUT2D eigenvalue weighted by molar-refractivity contribution is 0.0913. The molecule has 1 N–H and O–H groups in total. The van der Waals surface area contributed by atoms with Gasteiger partial charge in [-0.3, -0.25) is 4.98 Å². The molecule has 3 nitrogen and oxygen atoms in total. The Labute approximate surface area is 124 Å². The van der Waals surface area contributed by atoms with E-state index in [1.807, 2.05) is 6.20 Å². The average molecular weight is 277 g/mol. The molecule has 1 aromatic rings. The summed E-state index contributed by atoms with van der Waals surface area (Å²) in [5, 5.41) is 3.52. The van der Waals surface area contributed by atoms with Gasteiger partial charge in [0.05, 0.1) is 0 Å². The topological polar surface area (TPSA) is 28.2 Å². The smallest absolute Gasteiger partial charge is 0.0420 e. The second-order valence-corrected chi connectivity index (χ2v) is 5.76. The first-order chi connectivity index (χ1) is 9.53. The van der Waals surface area contributed by atoms with Crippen LogP contribution in [0.3, 0.4) is 0 Å². The lowest BCUT2D eigenvalue weighted by Gasteiger charge is -2.45. The van der Waals surface area contributed by atoms with Crippen molar-refractivity contribution >= 4 is 0 Å². The number of hydrogen-bond donors (Lipinski definition) is 1. The highest BCUT2D eigenvalue weighted by molar-refractivity contribution is 5.16. The number of aromatic nitrogens is 1. The minimum Gasteiger partial charge on any atom is -0.315 e. The summed E-state index contributed by atoms with van der Waals surface area (Å²) in [6.45, 7) is 6.72. The molecule has 1 unspecified atom stereocenters. The van der Waals surface area contributed by atoms with Crippen LogP contribution in [0, 0.1) is 0 Å². The van der Waals surface area contributed by atoms with Gasteiger partial charge < -0.3 is 10.2 Å². The number of aryl methyl sites for hydroxylation is 1. The number of rotatable bonds is 8. The summed E-state index contributed by atoms with van der Waals surface area (Å²) in [6, 6.07) is 4.78. The fraction of sp³-hybridized carbons (Fsp3) is 0.706. The van der Waals surface area contributed by atoms with E-state index in [-0.39, 0.29) is 5.54 Å². The molecule has 0 saturated carbocycles. The van der Waals surface area contributed by atoms with Crippen LogP contribution in [-0.2, 0) is 12.8 Å². The molecule has 0 fully saturated rings. The molecule has 0 aliphatic rings. The van der Waals surface area contributed by atoms with E-state index in [1.54, 1.807) is 0 Å². The minimum atomic E-state index is 0.180. The Hall–Kier alpha value is -0.930. The molecule has 20 heavy (non-hydrogen) atoms. The van der Waals surface area contributed by atoms with Crippen molar-refractivity contribution in [2.75, 3.05) is 21.1 Å². The van der Waals surface area contributed by atoms with Crippen LogP contribution < -0.4 is 5.32 Å². The van der Waals surface area contributed by atoms with Crippen LogP contribution in [0.25, 0.3) is 0 Å². The van der Waals surface area contributed by atoms with Crippen LogP contribution in [0.1, 0.15) is 44.9 Å². The molecule has 1 aromatic heterocycles. The molecular formula is C17H31N3. The van der Waals surface area contributed by atoms with Gasteiger partial charge in [0, 0.05) is 29.9 Å². The fourth-order valence-electron chi connectivity index (χ4n) is 3.24. The fourth-order valence-corrected chi connectivity index (χ4v) is 3.24. The summed E-state index contributed by atoms with van der Waals surface area (Å²) >= 11 is 0. The third kappa shape index (κ3) is 3.58. The molecule has 1 atom stereocenters. The van der Waals surface area contributed by atoms with Crippen LogP contribution >= 0.6 is 0 Å². The number of likely N-dealkylation sites (N-methyl/N-ethyl adjacent to an activating group) is 2. The van der Waals surface area contributed by atoms with Gasteiger partial charge in [0.1, 0.15) is 0 Å². The number of nitrogens with zero attached hydrogens (tertiary/aromatic N) is 2. The van der Waals surface area contributed by atoms with Gasteiger partial charge >= 0.3 is 0 Å². The van der Waals surface area contributed by atoms with Crippen molar-refractivity contribution in [2.45, 2.75) is 58.0 Å². The quantitative estimate of drug-likeness (QED) is 0.792. The zero-order chi connectivity index (χ0) is 15.2. The van der Waals surface area contributed by atoms with E-state index in [9.17, 15) is 0 Å². The van der Waals surface area contributed by atoms with Crippen LogP contribution in [0.5, 0.6) is 0 Å². The van der Waals surface area contributed by atoms with E-state index in [1.165, 1.54) is 11.3 Å². The van der Waals surface area contributed by atoms with E-state index in [4.69, 9.17) is 0 Å². The molecule has 0 bridgehead atoms. The molecule has 0 radical (unpaired) electrons. The van der Waals surface area contributed by atoms with Crippen LogP contribution in [0.4, 0.5) is 0 Å². The first kappa shape index (κ1) is 17.1. The van der Waals surface area contributed by atoms with Gasteiger partial charge in [-0.2, -0.15) is 0 Å². The predicted octanol–water partition coefficient (Wildman–Crippen LogP) is 2.89. The van der Waals surface area contributed by atoms with E-state index in [0.717, 1.165) is 25.7 Å². The van der Waals surface area contributed by atoms with Crippen LogP contribution in [-0.4, -0.2) is 42.6 Å². The summed E-state index contributed by atoms with van der Waals surface area (Å²) < 4.78 is 0. The summed E-state index contributed by atoms with van der Waals surface area (Å²) in [5.41, 5.74) is 2.66. The lowest BCUT2D eigenvalue weighted by atomic mass is 9.81. The van der Waals surface area contributed by atoms with E-state index in [2.05, 4.69) is 69.2 Å². The van der Waals surface area contributed by atoms with Crippen molar-refractivity contribution in [3.63, 3.8) is 0 Å². The minimum absolute atomic E-state index is 0.180. The van der Waals surface area contributed by atoms with Gasteiger partial charge in [0.25, 0.3) is 0 Å². The highest BCUT2D eigenvalue weighted by Crippen LogP contribution is 2.27. The summed E-state index contributed by atoms with van der Waals surface area (Å²) in [4.78, 5) is 6.99. The SMILES string of the molecule is CCc1ccc(CC(NC)C(CC)(CC)N(C)C)nc1. The molecule has 0 aromatic carbocycles. The third-order valence-corrected chi connectivity index (χ3v) is 4.82. The first-order valence-electron chi connectivity index (χ1n) is 7.82. The van der Waals surface area contributed by atoms with Crippen LogP contribution in [0.2, 0.25) is 0 Å². The Balaban J connectivity index is 2.93. The van der Waals surface area contributed by atoms with Gasteiger partial charge in [-0.15, -0.1) is 0 Å². The summed E-state index contributed by atoms with van der Waals surface area (Å²) in [5.74, 6) is 0. The monoisotopic (exact) mass is 277 g/mol. The molecule has 0 aliphatic carbocycles.